The predicted molar refractivity (Wildman–Crippen MR) is 22.1 cm³/mol. The van der Waals surface area contributed by atoms with Crippen LogP contribution in [0.3, 0.4) is 0 Å². The molecule has 0 amide bonds. The van der Waals surface area contributed by atoms with E-state index in [1.54, 1.807) is 6.92 Å². The Bertz CT molecular complexity index is 6.00. The van der Waals surface area contributed by atoms with E-state index in [0.717, 1.165) is 0 Å². The maximum Gasteiger partial charge on any atom is 0 e. The van der Waals surface area contributed by atoms with Gasteiger partial charge in [0.05, 0.1) is 0 Å². The van der Waals surface area contributed by atoms with Crippen LogP contribution in [-0.2, 0) is 21.1 Å². The minimum absolute atomic E-state index is 0. The molecule has 32 valence electrons. The van der Waals surface area contributed by atoms with Crippen LogP contribution in [0.5, 0.6) is 0 Å². The van der Waals surface area contributed by atoms with Crippen LogP contribution in [0.4, 0.5) is 0 Å². The summed E-state index contributed by atoms with van der Waals surface area (Å²) >= 11 is 0. The molecular formula is C2H8PPt-. The zero-order chi connectivity index (χ0) is 2.00. The normalized spacial score (nSPS) is 1.50. The summed E-state index contributed by atoms with van der Waals surface area (Å²) in [7, 11) is 0. The van der Waals surface area contributed by atoms with Crippen LogP contribution in [0.1, 0.15) is 6.92 Å². The summed E-state index contributed by atoms with van der Waals surface area (Å²) in [5, 5.41) is 0. The van der Waals surface area contributed by atoms with Gasteiger partial charge >= 0.3 is 0 Å². The van der Waals surface area contributed by atoms with E-state index in [1.165, 1.54) is 0 Å². The molecule has 0 aromatic rings. The fourth-order valence-corrected chi connectivity index (χ4v) is 0. The molecular weight excluding hydrogens is 250 g/mol. The molecule has 2 heteroatoms. The summed E-state index contributed by atoms with van der Waals surface area (Å²) in [4.78, 5) is 0. The van der Waals surface area contributed by atoms with E-state index >= 15 is 0 Å². The number of hydrogen-bond acceptors (Lipinski definition) is 0. The summed E-state index contributed by atoms with van der Waals surface area (Å²) < 4.78 is 0. The van der Waals surface area contributed by atoms with Crippen LogP contribution < -0.4 is 0 Å². The van der Waals surface area contributed by atoms with Crippen LogP contribution >= 0.6 is 9.90 Å². The van der Waals surface area contributed by atoms with Gasteiger partial charge in [0.1, 0.15) is 0 Å². The van der Waals surface area contributed by atoms with Crippen molar-refractivity contribution in [3.63, 3.8) is 0 Å². The maximum absolute atomic E-state index is 3.25. The molecule has 0 radical (unpaired) electrons. The van der Waals surface area contributed by atoms with Gasteiger partial charge in [-0.15, -0.1) is 0 Å². The maximum atomic E-state index is 3.25. The summed E-state index contributed by atoms with van der Waals surface area (Å²) in [5.74, 6) is 0. The molecule has 0 heterocycles. The van der Waals surface area contributed by atoms with Crippen molar-refractivity contribution in [2.45, 2.75) is 6.92 Å². The number of rotatable bonds is 0. The minimum Gasteiger partial charge on any atom is -0.346 e. The number of hydrogen-bond donors (Lipinski definition) is 0. The standard InChI is InChI=1S/C2H5.H3P.Pt/c1-2;;/h1H2,2H3;1H3;/q-1;;. The Balaban J connectivity index is -0.00000000500. The molecule has 0 spiro atoms. The SMILES string of the molecule is P.[CH2-]C.[Pt]. The van der Waals surface area contributed by atoms with Crippen LogP contribution in [0, 0.1) is 6.92 Å². The van der Waals surface area contributed by atoms with Gasteiger partial charge in [0.25, 0.3) is 0 Å². The van der Waals surface area contributed by atoms with Crippen molar-refractivity contribution >= 4 is 9.90 Å². The molecule has 0 saturated heterocycles. The molecule has 1 atom stereocenters. The van der Waals surface area contributed by atoms with E-state index in [2.05, 4.69) is 6.92 Å². The van der Waals surface area contributed by atoms with Crippen molar-refractivity contribution < 1.29 is 21.1 Å². The first-order valence-corrected chi connectivity index (χ1v) is 0.707. The largest absolute Gasteiger partial charge is 0.346 e. The van der Waals surface area contributed by atoms with Crippen LogP contribution in [0.2, 0.25) is 0 Å². The van der Waals surface area contributed by atoms with E-state index in [9.17, 15) is 0 Å². The molecule has 1 unspecified atom stereocenters. The minimum atomic E-state index is 0. The zero-order valence-electron chi connectivity index (χ0n) is 2.73. The quantitative estimate of drug-likeness (QED) is 0.447. The van der Waals surface area contributed by atoms with Crippen molar-refractivity contribution in [1.82, 2.24) is 0 Å². The Hall–Kier alpha value is 1.12. The Morgan fingerprint density at radius 2 is 1.25 bits per heavy atom. The van der Waals surface area contributed by atoms with Crippen molar-refractivity contribution in [3.8, 4) is 0 Å². The average molecular weight is 258 g/mol. The third-order valence-corrected chi connectivity index (χ3v) is 0. The van der Waals surface area contributed by atoms with Gasteiger partial charge in [0.2, 0.25) is 0 Å². The van der Waals surface area contributed by atoms with Crippen molar-refractivity contribution in [2.24, 2.45) is 0 Å². The smallest absolute Gasteiger partial charge is 0 e. The van der Waals surface area contributed by atoms with Crippen molar-refractivity contribution in [2.75, 3.05) is 0 Å². The van der Waals surface area contributed by atoms with E-state index in [-0.39, 0.29) is 31.0 Å². The van der Waals surface area contributed by atoms with E-state index in [0.29, 0.717) is 0 Å². The van der Waals surface area contributed by atoms with E-state index < -0.39 is 0 Å². The average Bonchev–Trinajstić information content (AvgIpc) is 1.00. The van der Waals surface area contributed by atoms with Crippen molar-refractivity contribution in [1.29, 1.82) is 0 Å². The molecule has 0 N–H and O–H groups in total. The van der Waals surface area contributed by atoms with Crippen LogP contribution in [0.15, 0.2) is 0 Å². The molecule has 0 aromatic heterocycles. The summed E-state index contributed by atoms with van der Waals surface area (Å²) in [6.45, 7) is 5.00. The Kier molecular flexibility index (Phi) is 155. The van der Waals surface area contributed by atoms with Crippen molar-refractivity contribution in [3.05, 3.63) is 6.92 Å². The molecule has 0 nitrogen and oxygen atoms in total. The van der Waals surface area contributed by atoms with Gasteiger partial charge in [-0.25, -0.2) is 0 Å². The Morgan fingerprint density at radius 1 is 1.25 bits per heavy atom. The first kappa shape index (κ1) is 19.3. The molecule has 0 aliphatic rings. The predicted octanol–water partition coefficient (Wildman–Crippen LogP) is 0.896. The van der Waals surface area contributed by atoms with Gasteiger partial charge in [-0.3, -0.25) is 0 Å². The Labute approximate surface area is 45.2 Å². The third kappa shape index (κ3) is 11.2. The zero-order valence-corrected chi connectivity index (χ0v) is 6.42. The monoisotopic (exact) mass is 258 g/mol. The molecule has 0 bridgehead atoms. The second-order valence-electron chi connectivity index (χ2n) is 0. The van der Waals surface area contributed by atoms with Gasteiger partial charge in [0.15, 0.2) is 0 Å². The molecule has 0 fully saturated rings. The van der Waals surface area contributed by atoms with E-state index in [4.69, 9.17) is 0 Å². The van der Waals surface area contributed by atoms with Crippen LogP contribution in [0.25, 0.3) is 0 Å². The summed E-state index contributed by atoms with van der Waals surface area (Å²) in [6.07, 6.45) is 0. The topological polar surface area (TPSA) is 0 Å². The van der Waals surface area contributed by atoms with Gasteiger partial charge < -0.3 is 6.92 Å². The first-order chi connectivity index (χ1) is 1.00. The Morgan fingerprint density at radius 3 is 1.25 bits per heavy atom. The molecule has 0 saturated carbocycles. The van der Waals surface area contributed by atoms with Gasteiger partial charge in [-0.1, -0.05) is 0 Å². The molecule has 0 aliphatic carbocycles. The summed E-state index contributed by atoms with van der Waals surface area (Å²) in [5.41, 5.74) is 0. The molecule has 0 aliphatic heterocycles. The van der Waals surface area contributed by atoms with Gasteiger partial charge in [-0.05, 0) is 0 Å². The second kappa shape index (κ2) is 32.0. The molecule has 0 aromatic carbocycles. The van der Waals surface area contributed by atoms with Crippen LogP contribution in [-0.4, -0.2) is 0 Å². The fraction of sp³-hybridized carbons (Fsp3) is 0.500. The second-order valence-corrected chi connectivity index (χ2v) is 0. The molecule has 4 heavy (non-hydrogen) atoms. The van der Waals surface area contributed by atoms with E-state index in [1.807, 2.05) is 0 Å². The van der Waals surface area contributed by atoms with Gasteiger partial charge in [0, 0.05) is 21.1 Å². The third-order valence-electron chi connectivity index (χ3n) is 0. The molecule has 0 rings (SSSR count). The van der Waals surface area contributed by atoms with Gasteiger partial charge in [-0.2, -0.15) is 16.8 Å². The summed E-state index contributed by atoms with van der Waals surface area (Å²) in [6, 6.07) is 0. The fourth-order valence-electron chi connectivity index (χ4n) is 0. The first-order valence-electron chi connectivity index (χ1n) is 0.707.